The van der Waals surface area contributed by atoms with Gasteiger partial charge in [0.1, 0.15) is 52.3 Å². The van der Waals surface area contributed by atoms with E-state index >= 15 is 0 Å². The minimum atomic E-state index is -4.82. The first-order valence-corrected chi connectivity index (χ1v) is 11.3. The molecule has 2 aliphatic rings. The van der Waals surface area contributed by atoms with E-state index in [0.29, 0.717) is 0 Å². The predicted octanol–water partition coefficient (Wildman–Crippen LogP) is -2.22. The summed E-state index contributed by atoms with van der Waals surface area (Å²) in [5.74, 6) is 0. The molecule has 4 radical (unpaired) electrons. The largest absolute Gasteiger partial charge is 0.472 e. The summed E-state index contributed by atoms with van der Waals surface area (Å²) in [5, 5.41) is 19.9. The molecule has 29 heavy (non-hydrogen) atoms. The van der Waals surface area contributed by atoms with Gasteiger partial charge in [0, 0.05) is 26.2 Å². The average molecular weight is 458 g/mol. The van der Waals surface area contributed by atoms with Crippen LogP contribution in [0, 0.1) is 0 Å². The van der Waals surface area contributed by atoms with Crippen LogP contribution in [0.3, 0.4) is 0 Å². The van der Waals surface area contributed by atoms with E-state index in [1.165, 1.54) is 7.11 Å². The van der Waals surface area contributed by atoms with Crippen molar-refractivity contribution in [3.05, 3.63) is 0 Å². The summed E-state index contributed by atoms with van der Waals surface area (Å²) >= 11 is 0. The van der Waals surface area contributed by atoms with Crippen LogP contribution >= 0.6 is 15.6 Å². The summed E-state index contributed by atoms with van der Waals surface area (Å²) in [4.78, 5) is 19.4. The molecule has 2 rings (SSSR count). The van der Waals surface area contributed by atoms with Crippen molar-refractivity contribution in [2.24, 2.45) is 0 Å². The number of aliphatic hydroxyl groups is 2. The van der Waals surface area contributed by atoms with Gasteiger partial charge in [0.05, 0.1) is 13.2 Å². The topological polar surface area (TPSA) is 180 Å². The fourth-order valence-electron chi connectivity index (χ4n) is 2.77. The molecule has 2 aliphatic heterocycles. The molecule has 0 amide bonds. The second-order valence-electron chi connectivity index (χ2n) is 6.27. The Morgan fingerprint density at radius 2 is 1.31 bits per heavy atom. The normalized spacial score (nSPS) is 41.9. The van der Waals surface area contributed by atoms with Crippen LogP contribution in [0.25, 0.3) is 0 Å². The predicted molar refractivity (Wildman–Crippen MR) is 95.1 cm³/mol. The highest BCUT2D eigenvalue weighted by molar-refractivity contribution is 7.47. The van der Waals surface area contributed by atoms with Gasteiger partial charge in [0.25, 0.3) is 0 Å². The van der Waals surface area contributed by atoms with Crippen LogP contribution in [-0.2, 0) is 41.4 Å². The Hall–Kier alpha value is 0.150. The quantitative estimate of drug-likeness (QED) is 0.205. The number of phosphoric acid groups is 2. The van der Waals surface area contributed by atoms with E-state index in [2.05, 4.69) is 4.52 Å². The molecule has 10 atom stereocenters. The van der Waals surface area contributed by atoms with E-state index in [1.807, 2.05) is 0 Å². The first-order chi connectivity index (χ1) is 13.4. The molecular weight excluding hydrogens is 436 g/mol. The van der Waals surface area contributed by atoms with Gasteiger partial charge in [-0.15, -0.1) is 0 Å². The second-order valence-corrected chi connectivity index (χ2v) is 9.19. The average Bonchev–Trinajstić information content (AvgIpc) is 3.05. The first-order valence-electron chi connectivity index (χ1n) is 8.30. The van der Waals surface area contributed by atoms with Crippen LogP contribution in [0.1, 0.15) is 0 Å². The molecule has 0 aromatic carbocycles. The molecule has 4 unspecified atom stereocenters. The Morgan fingerprint density at radius 1 is 0.862 bits per heavy atom. The molecular formula is C12H22B2O13P2. The highest BCUT2D eigenvalue weighted by Crippen LogP contribution is 2.49. The molecule has 2 saturated heterocycles. The Kier molecular flexibility index (Phi) is 8.92. The van der Waals surface area contributed by atoms with Crippen molar-refractivity contribution < 1.29 is 61.4 Å². The van der Waals surface area contributed by atoms with Gasteiger partial charge < -0.3 is 34.2 Å². The molecule has 4 N–H and O–H groups in total. The van der Waals surface area contributed by atoms with E-state index in [4.69, 9.17) is 43.5 Å². The number of phosphoric ester groups is 2. The van der Waals surface area contributed by atoms with Crippen LogP contribution < -0.4 is 0 Å². The summed E-state index contributed by atoms with van der Waals surface area (Å²) in [5.41, 5.74) is 0. The van der Waals surface area contributed by atoms with Crippen LogP contribution in [0.15, 0.2) is 0 Å². The molecule has 164 valence electrons. The molecule has 0 aromatic rings. The summed E-state index contributed by atoms with van der Waals surface area (Å²) < 4.78 is 57.9. The minimum absolute atomic E-state index is 0.0824. The smallest absolute Gasteiger partial charge is 0.388 e. The van der Waals surface area contributed by atoms with Gasteiger partial charge in [0.15, 0.2) is 0 Å². The first kappa shape index (κ1) is 25.4. The monoisotopic (exact) mass is 458 g/mol. The zero-order chi connectivity index (χ0) is 22.0. The molecule has 0 aliphatic carbocycles. The number of methoxy groups -OCH3 is 1. The van der Waals surface area contributed by atoms with Crippen molar-refractivity contribution in [1.82, 2.24) is 0 Å². The van der Waals surface area contributed by atoms with Crippen molar-refractivity contribution >= 4 is 31.3 Å². The Morgan fingerprint density at radius 3 is 1.76 bits per heavy atom. The van der Waals surface area contributed by atoms with Crippen LogP contribution in [-0.4, -0.2) is 112 Å². The Bertz CT molecular complexity index is 641. The maximum absolute atomic E-state index is 12.3. The lowest BCUT2D eigenvalue weighted by Gasteiger charge is -2.25. The summed E-state index contributed by atoms with van der Waals surface area (Å²) in [6.45, 7) is -0.807. The number of rotatable bonds is 10. The van der Waals surface area contributed by atoms with Crippen molar-refractivity contribution in [3.8, 4) is 0 Å². The van der Waals surface area contributed by atoms with Crippen molar-refractivity contribution in [1.29, 1.82) is 0 Å². The third-order valence-corrected chi connectivity index (χ3v) is 6.17. The number of aliphatic hydroxyl groups excluding tert-OH is 2. The molecule has 13 nitrogen and oxygen atoms in total. The molecule has 0 aromatic heterocycles. The lowest BCUT2D eigenvalue weighted by Crippen LogP contribution is -2.38. The summed E-state index contributed by atoms with van der Waals surface area (Å²) in [6, 6.07) is -2.49. The minimum Gasteiger partial charge on any atom is -0.388 e. The van der Waals surface area contributed by atoms with E-state index in [9.17, 15) is 29.1 Å². The number of ether oxygens (including phenoxy) is 3. The van der Waals surface area contributed by atoms with E-state index < -0.39 is 70.9 Å². The maximum Gasteiger partial charge on any atom is 0.472 e. The maximum atomic E-state index is 12.3. The molecule has 0 bridgehead atoms. The van der Waals surface area contributed by atoms with Gasteiger partial charge in [-0.1, -0.05) is 0 Å². The Labute approximate surface area is 169 Å². The Balaban J connectivity index is 2.00. The zero-order valence-electron chi connectivity index (χ0n) is 15.5. The summed E-state index contributed by atoms with van der Waals surface area (Å²) in [7, 11) is 3.96. The lowest BCUT2D eigenvalue weighted by molar-refractivity contribution is -0.0373. The zero-order valence-corrected chi connectivity index (χ0v) is 17.3. The van der Waals surface area contributed by atoms with E-state index in [-0.39, 0.29) is 6.61 Å². The molecule has 0 spiro atoms. The second kappa shape index (κ2) is 10.2. The lowest BCUT2D eigenvalue weighted by atomic mass is 9.93. The van der Waals surface area contributed by atoms with Gasteiger partial charge in [-0.05, 0) is 0 Å². The fraction of sp³-hybridized carbons (Fsp3) is 1.00. The SMILES string of the molecule is [B][C@@H]1O[C@H](COP(=O)(O)O[C@@H]2C(O)[C@H]([B])O[C@@H]2COC)[C@H](OP(=O)(O)OC)C1O. The van der Waals surface area contributed by atoms with Crippen LogP contribution in [0.5, 0.6) is 0 Å². The molecule has 2 heterocycles. The van der Waals surface area contributed by atoms with Gasteiger partial charge in [0.2, 0.25) is 0 Å². The number of hydrogen-bond donors (Lipinski definition) is 4. The van der Waals surface area contributed by atoms with Crippen LogP contribution in [0.2, 0.25) is 0 Å². The highest BCUT2D eigenvalue weighted by atomic mass is 31.2. The van der Waals surface area contributed by atoms with Gasteiger partial charge in [-0.25, -0.2) is 9.13 Å². The third kappa shape index (κ3) is 6.56. The van der Waals surface area contributed by atoms with Crippen LogP contribution in [0.4, 0.5) is 0 Å². The molecule has 17 heteroatoms. The fourth-order valence-corrected chi connectivity index (χ4v) is 4.39. The van der Waals surface area contributed by atoms with Crippen molar-refractivity contribution in [2.45, 2.75) is 48.6 Å². The van der Waals surface area contributed by atoms with Crippen molar-refractivity contribution in [2.75, 3.05) is 27.4 Å². The van der Waals surface area contributed by atoms with Gasteiger partial charge in [-0.2, -0.15) is 0 Å². The highest BCUT2D eigenvalue weighted by Gasteiger charge is 2.48. The molecule has 2 fully saturated rings. The standard InChI is InChI=1S/C12H22B2O13P2/c1-21-3-5-9(7(15)11(13)24-5)27-29(19,20)23-4-6-10(8(16)12(14)25-6)26-28(17,18)22-2/h5-12,15-16H,3-4H2,1-2H3,(H,17,18)(H,19,20)/t5-,6-,7?,8?,9+,10+,11-,12-/m1/s1. The van der Waals surface area contributed by atoms with Crippen molar-refractivity contribution in [3.63, 3.8) is 0 Å². The van der Waals surface area contributed by atoms with E-state index in [1.54, 1.807) is 0 Å². The molecule has 0 saturated carbocycles. The van der Waals surface area contributed by atoms with Gasteiger partial charge >= 0.3 is 15.6 Å². The third-order valence-electron chi connectivity index (χ3n) is 4.22. The van der Waals surface area contributed by atoms with Gasteiger partial charge in [-0.3, -0.25) is 18.1 Å². The van der Waals surface area contributed by atoms with E-state index in [0.717, 1.165) is 7.11 Å². The number of hydrogen-bond acceptors (Lipinski definition) is 11. The summed E-state index contributed by atoms with van der Waals surface area (Å²) in [6.07, 6.45) is -8.08.